The zero-order valence-corrected chi connectivity index (χ0v) is 36.9. The van der Waals surface area contributed by atoms with E-state index in [4.69, 9.17) is 47.4 Å². The SMILES string of the molecule is CO[C@H]1[C@H](OC(C)=O)[C@H](O[C@H]2CC[C@@]3(C)[C@H](CC[C@@H]4[C@@H]3CC[C@]35CO[C@@]6(COC(=O)C6)[C@H]3CC[C@]45O)C2)O[C@@H](C)[C@@H]1O[C@@H]1O[C@H](CO[C@@H]2O[C@H](CO)[C@@H](O)[C@H](O)[C@H]2O)[C@@H](O)[C@H](O)[C@H]1O. The number of carbonyl (C=O) groups excluding carboxylic acids is 2. The van der Waals surface area contributed by atoms with Gasteiger partial charge in [0.25, 0.3) is 0 Å². The Morgan fingerprint density at radius 3 is 2.17 bits per heavy atom. The Morgan fingerprint density at radius 1 is 0.766 bits per heavy atom. The average Bonchev–Trinajstić information content (AvgIpc) is 3.91. The van der Waals surface area contributed by atoms with Gasteiger partial charge in [0.2, 0.25) is 0 Å². The lowest BCUT2D eigenvalue weighted by atomic mass is 9.43. The van der Waals surface area contributed by atoms with Crippen molar-refractivity contribution < 1.29 is 97.8 Å². The van der Waals surface area contributed by atoms with Crippen molar-refractivity contribution in [2.45, 2.75) is 194 Å². The molecule has 64 heavy (non-hydrogen) atoms. The number of esters is 2. The predicted molar refractivity (Wildman–Crippen MR) is 212 cm³/mol. The second kappa shape index (κ2) is 17.7. The molecule has 5 saturated heterocycles. The van der Waals surface area contributed by atoms with Gasteiger partial charge in [-0.05, 0) is 87.9 Å². The molecule has 0 aromatic heterocycles. The highest BCUT2D eigenvalue weighted by atomic mass is 16.8. The highest BCUT2D eigenvalue weighted by Gasteiger charge is 2.76. The summed E-state index contributed by atoms with van der Waals surface area (Å²) >= 11 is 0. The summed E-state index contributed by atoms with van der Waals surface area (Å²) in [6.07, 6.45) is -13.8. The first-order valence-corrected chi connectivity index (χ1v) is 23.2. The number of cyclic esters (lactones) is 1. The minimum atomic E-state index is -1.80. The highest BCUT2D eigenvalue weighted by Crippen LogP contribution is 2.73. The number of aliphatic hydroxyl groups is 8. The lowest BCUT2D eigenvalue weighted by Crippen LogP contribution is -2.65. The van der Waals surface area contributed by atoms with Crippen LogP contribution in [-0.2, 0) is 57.0 Å². The normalized spacial score (nSPS) is 54.7. The van der Waals surface area contributed by atoms with E-state index in [2.05, 4.69) is 6.92 Å². The highest BCUT2D eigenvalue weighted by molar-refractivity contribution is 5.73. The Morgan fingerprint density at radius 2 is 1.48 bits per heavy atom. The van der Waals surface area contributed by atoms with Crippen LogP contribution in [0.5, 0.6) is 0 Å². The number of aliphatic hydroxyl groups excluding tert-OH is 7. The van der Waals surface area contributed by atoms with Crippen LogP contribution in [0.25, 0.3) is 0 Å². The lowest BCUT2D eigenvalue weighted by molar-refractivity contribution is -0.367. The molecule has 20 heteroatoms. The fourth-order valence-electron chi connectivity index (χ4n) is 14.2. The molecule has 0 amide bonds. The molecule has 4 saturated carbocycles. The minimum absolute atomic E-state index is 0.0392. The largest absolute Gasteiger partial charge is 0.462 e. The summed E-state index contributed by atoms with van der Waals surface area (Å²) in [4.78, 5) is 24.9. The van der Waals surface area contributed by atoms with E-state index >= 15 is 0 Å². The lowest BCUT2D eigenvalue weighted by Gasteiger charge is -2.63. The molecule has 4 aliphatic carbocycles. The van der Waals surface area contributed by atoms with Gasteiger partial charge in [-0.1, -0.05) is 6.92 Å². The van der Waals surface area contributed by atoms with E-state index in [-0.39, 0.29) is 47.8 Å². The molecule has 0 aromatic rings. The molecule has 0 aromatic carbocycles. The number of rotatable bonds is 10. The van der Waals surface area contributed by atoms with Crippen molar-refractivity contribution in [2.75, 3.05) is 33.5 Å². The molecule has 5 aliphatic heterocycles. The van der Waals surface area contributed by atoms with E-state index in [1.165, 1.54) is 14.0 Å². The molecular formula is C44H68O20. The topological polar surface area (TPSA) is 288 Å². The molecule has 9 fully saturated rings. The minimum Gasteiger partial charge on any atom is -0.462 e. The second-order valence-corrected chi connectivity index (χ2v) is 20.6. The molecule has 9 rings (SSSR count). The maximum Gasteiger partial charge on any atom is 0.308 e. The van der Waals surface area contributed by atoms with Crippen LogP contribution in [0, 0.1) is 34.5 Å². The van der Waals surface area contributed by atoms with Crippen LogP contribution in [-0.4, -0.2) is 196 Å². The zero-order valence-electron chi connectivity index (χ0n) is 36.9. The van der Waals surface area contributed by atoms with Crippen molar-refractivity contribution in [1.29, 1.82) is 0 Å². The smallest absolute Gasteiger partial charge is 0.308 e. The summed E-state index contributed by atoms with van der Waals surface area (Å²) in [6, 6.07) is 0. The van der Waals surface area contributed by atoms with E-state index < -0.39 is 123 Å². The molecule has 8 N–H and O–H groups in total. The Labute approximate surface area is 371 Å². The van der Waals surface area contributed by atoms with Crippen molar-refractivity contribution in [1.82, 2.24) is 0 Å². The third kappa shape index (κ3) is 7.58. The summed E-state index contributed by atoms with van der Waals surface area (Å²) in [5, 5.41) is 85.8. The molecule has 5 heterocycles. The van der Waals surface area contributed by atoms with Gasteiger partial charge in [-0.3, -0.25) is 9.59 Å². The summed E-state index contributed by atoms with van der Waals surface area (Å²) in [5.41, 5.74) is -1.91. The number of hydrogen-bond acceptors (Lipinski definition) is 20. The van der Waals surface area contributed by atoms with Crippen molar-refractivity contribution in [3.63, 3.8) is 0 Å². The number of hydrogen-bond donors (Lipinski definition) is 8. The van der Waals surface area contributed by atoms with Crippen molar-refractivity contribution in [2.24, 2.45) is 34.5 Å². The fraction of sp³-hybridized carbons (Fsp3) is 0.955. The van der Waals surface area contributed by atoms with Crippen LogP contribution in [0.4, 0.5) is 0 Å². The van der Waals surface area contributed by atoms with E-state index in [1.807, 2.05) is 0 Å². The van der Waals surface area contributed by atoms with Crippen LogP contribution >= 0.6 is 0 Å². The van der Waals surface area contributed by atoms with Gasteiger partial charge >= 0.3 is 11.9 Å². The Bertz CT molecular complexity index is 1710. The maximum atomic E-state index is 12.8. The van der Waals surface area contributed by atoms with Crippen LogP contribution < -0.4 is 0 Å². The van der Waals surface area contributed by atoms with Crippen molar-refractivity contribution in [3.05, 3.63) is 0 Å². The van der Waals surface area contributed by atoms with Crippen molar-refractivity contribution in [3.8, 4) is 0 Å². The molecule has 364 valence electrons. The maximum absolute atomic E-state index is 12.8. The number of carbonyl (C=O) groups is 2. The molecule has 2 spiro atoms. The van der Waals surface area contributed by atoms with Gasteiger partial charge in [-0.15, -0.1) is 0 Å². The third-order valence-electron chi connectivity index (χ3n) is 17.5. The quantitative estimate of drug-likeness (QED) is 0.0918. The monoisotopic (exact) mass is 916 g/mol. The van der Waals surface area contributed by atoms with Gasteiger partial charge in [0.15, 0.2) is 25.0 Å². The van der Waals surface area contributed by atoms with Crippen molar-refractivity contribution >= 4 is 11.9 Å². The van der Waals surface area contributed by atoms with E-state index in [0.717, 1.165) is 44.9 Å². The predicted octanol–water partition coefficient (Wildman–Crippen LogP) is -1.46. The standard InChI is InChI=1S/C44H68O20/c1-19-35(64-39-34(53)32(51)30(49)26(63-39)16-56-38-33(52)31(50)29(48)25(15-45)62-38)36(55-4)37(60-20(2)46)40(59-19)61-22-7-10-41(3)21(13-22)5-6-24-23(41)8-11-42-17-58-43(14-28(47)57-18-43)27(42)9-12-44(24,42)54/h19,21-27,29-40,45,48-54H,5-18H2,1-4H3/t19-,21+,22-,23-,24+,25+,26+,27-,29+,30+,31-,32-,33+,34+,35-,36+,37-,38+,39-,40-,41-,42-,43-,44-/m0/s1. The van der Waals surface area contributed by atoms with E-state index in [1.54, 1.807) is 6.92 Å². The fourth-order valence-corrected chi connectivity index (χ4v) is 14.2. The van der Waals surface area contributed by atoms with Gasteiger partial charge in [-0.2, -0.15) is 0 Å². The molecular weight excluding hydrogens is 848 g/mol. The third-order valence-corrected chi connectivity index (χ3v) is 17.5. The number of methoxy groups -OCH3 is 1. The molecule has 20 nitrogen and oxygen atoms in total. The van der Waals surface area contributed by atoms with Gasteiger partial charge in [0.1, 0.15) is 73.2 Å². The Kier molecular flexibility index (Phi) is 13.1. The van der Waals surface area contributed by atoms with Gasteiger partial charge in [0.05, 0.1) is 44.1 Å². The number of ether oxygens (including phenoxy) is 10. The van der Waals surface area contributed by atoms with E-state index in [0.29, 0.717) is 31.3 Å². The van der Waals surface area contributed by atoms with Gasteiger partial charge in [-0.25, -0.2) is 0 Å². The van der Waals surface area contributed by atoms with Crippen LogP contribution in [0.3, 0.4) is 0 Å². The average molecular weight is 917 g/mol. The zero-order chi connectivity index (χ0) is 45.7. The first kappa shape index (κ1) is 47.4. The first-order chi connectivity index (χ1) is 30.4. The molecule has 0 unspecified atom stereocenters. The summed E-state index contributed by atoms with van der Waals surface area (Å²) in [5.74, 6) is -0.0113. The Balaban J connectivity index is 0.847. The summed E-state index contributed by atoms with van der Waals surface area (Å²) < 4.78 is 59.8. The van der Waals surface area contributed by atoms with Gasteiger partial charge in [0, 0.05) is 25.4 Å². The van der Waals surface area contributed by atoms with Crippen LogP contribution in [0.1, 0.15) is 85.0 Å². The molecule has 24 atom stereocenters. The molecule has 0 radical (unpaired) electrons. The summed E-state index contributed by atoms with van der Waals surface area (Å²) in [7, 11) is 1.40. The number of fused-ring (bicyclic) bond motifs is 5. The molecule has 0 bridgehead atoms. The van der Waals surface area contributed by atoms with Gasteiger partial charge < -0.3 is 88.2 Å². The molecule has 9 aliphatic rings. The van der Waals surface area contributed by atoms with Crippen LogP contribution in [0.15, 0.2) is 0 Å². The Hall–Kier alpha value is -1.70. The summed E-state index contributed by atoms with van der Waals surface area (Å²) in [6.45, 7) is 4.82. The van der Waals surface area contributed by atoms with Crippen LogP contribution in [0.2, 0.25) is 0 Å². The first-order valence-electron chi connectivity index (χ1n) is 23.2. The van der Waals surface area contributed by atoms with E-state index in [9.17, 15) is 50.4 Å². The second-order valence-electron chi connectivity index (χ2n) is 20.6.